The molecule has 2 heterocycles. The number of nitrogens with one attached hydrogen (secondary N) is 1. The lowest BCUT2D eigenvalue weighted by atomic mass is 9.64. The standard InChI is InChI=1S/C23H16F2N4O2/c24-12-8-9-16-13(10-12)23(22(31)28-16)14(11-26)21(27)29(17-5-2-1-4-15(17)25)18-6-3-7-19(30)20(18)23/h1-2,4-5,8-10H,3,6-7,27H2,(H,28,31)/t23-/m1/s1. The number of benzene rings is 2. The highest BCUT2D eigenvalue weighted by molar-refractivity contribution is 6.19. The summed E-state index contributed by atoms with van der Waals surface area (Å²) in [6.07, 6.45) is 0.974. The molecule has 6 nitrogen and oxygen atoms in total. The average Bonchev–Trinajstić information content (AvgIpc) is 3.01. The molecule has 3 N–H and O–H groups in total. The van der Waals surface area contributed by atoms with Crippen LogP contribution in [0.2, 0.25) is 0 Å². The number of hydrogen-bond acceptors (Lipinski definition) is 5. The molecule has 2 aromatic carbocycles. The van der Waals surface area contributed by atoms with Gasteiger partial charge >= 0.3 is 0 Å². The maximum Gasteiger partial charge on any atom is 0.245 e. The van der Waals surface area contributed by atoms with Crippen molar-refractivity contribution in [1.29, 1.82) is 5.26 Å². The first-order valence-electron chi connectivity index (χ1n) is 9.74. The number of halogens is 2. The maximum atomic E-state index is 14.7. The van der Waals surface area contributed by atoms with Crippen molar-refractivity contribution in [2.24, 2.45) is 5.73 Å². The van der Waals surface area contributed by atoms with Gasteiger partial charge in [0.25, 0.3) is 0 Å². The Morgan fingerprint density at radius 3 is 2.65 bits per heavy atom. The Labute approximate surface area is 176 Å². The molecular formula is C23H16F2N4O2. The third kappa shape index (κ3) is 2.34. The van der Waals surface area contributed by atoms with Gasteiger partial charge in [-0.05, 0) is 43.2 Å². The number of para-hydroxylation sites is 1. The van der Waals surface area contributed by atoms with E-state index in [2.05, 4.69) is 5.32 Å². The Hall–Kier alpha value is -3.99. The van der Waals surface area contributed by atoms with Crippen molar-refractivity contribution in [3.63, 3.8) is 0 Å². The number of carbonyl (C=O) groups excluding carboxylic acids is 2. The molecule has 0 aromatic heterocycles. The molecule has 8 heteroatoms. The van der Waals surface area contributed by atoms with Crippen LogP contribution in [0.3, 0.4) is 0 Å². The highest BCUT2D eigenvalue weighted by Crippen LogP contribution is 2.55. The van der Waals surface area contributed by atoms with Gasteiger partial charge in [-0.2, -0.15) is 5.26 Å². The molecule has 0 saturated carbocycles. The van der Waals surface area contributed by atoms with Crippen LogP contribution in [0, 0.1) is 23.0 Å². The number of fused-ring (bicyclic) bond motifs is 3. The van der Waals surface area contributed by atoms with Crippen LogP contribution in [0.5, 0.6) is 0 Å². The predicted octanol–water partition coefficient (Wildman–Crippen LogP) is 3.38. The van der Waals surface area contributed by atoms with Crippen molar-refractivity contribution in [2.75, 3.05) is 10.2 Å². The zero-order valence-electron chi connectivity index (χ0n) is 16.2. The molecule has 31 heavy (non-hydrogen) atoms. The van der Waals surface area contributed by atoms with Crippen molar-refractivity contribution in [3.05, 3.63) is 82.3 Å². The van der Waals surface area contributed by atoms with E-state index in [4.69, 9.17) is 5.73 Å². The molecule has 0 bridgehead atoms. The third-order valence-electron chi connectivity index (χ3n) is 6.08. The van der Waals surface area contributed by atoms with Crippen LogP contribution >= 0.6 is 0 Å². The smallest absolute Gasteiger partial charge is 0.245 e. The monoisotopic (exact) mass is 418 g/mol. The summed E-state index contributed by atoms with van der Waals surface area (Å²) in [6.45, 7) is 0. The number of nitrogens with zero attached hydrogens (tertiary/aromatic N) is 2. The van der Waals surface area contributed by atoms with Crippen molar-refractivity contribution in [3.8, 4) is 6.07 Å². The van der Waals surface area contributed by atoms with Gasteiger partial charge in [0, 0.05) is 28.9 Å². The molecule has 2 aromatic rings. The number of amides is 1. The number of ketones is 1. The summed E-state index contributed by atoms with van der Waals surface area (Å²) in [5.41, 5.74) is 5.23. The highest BCUT2D eigenvalue weighted by atomic mass is 19.1. The summed E-state index contributed by atoms with van der Waals surface area (Å²) in [6, 6.07) is 11.5. The van der Waals surface area contributed by atoms with Crippen LogP contribution in [0.1, 0.15) is 24.8 Å². The van der Waals surface area contributed by atoms with Crippen LogP contribution in [-0.4, -0.2) is 11.7 Å². The fourth-order valence-electron chi connectivity index (χ4n) is 4.87. The Morgan fingerprint density at radius 1 is 1.13 bits per heavy atom. The second kappa shape index (κ2) is 6.51. The average molecular weight is 418 g/mol. The molecule has 0 fully saturated rings. The van der Waals surface area contributed by atoms with Crippen molar-refractivity contribution < 1.29 is 18.4 Å². The van der Waals surface area contributed by atoms with Gasteiger partial charge in [-0.3, -0.25) is 14.5 Å². The van der Waals surface area contributed by atoms with Gasteiger partial charge in [-0.25, -0.2) is 8.78 Å². The number of rotatable bonds is 1. The Kier molecular flexibility index (Phi) is 3.99. The summed E-state index contributed by atoms with van der Waals surface area (Å²) in [5.74, 6) is -2.37. The van der Waals surface area contributed by atoms with Gasteiger partial charge in [0.1, 0.15) is 28.9 Å². The first kappa shape index (κ1) is 19.0. The molecule has 0 unspecified atom stereocenters. The summed E-state index contributed by atoms with van der Waals surface area (Å²) >= 11 is 0. The lowest BCUT2D eigenvalue weighted by Crippen LogP contribution is -2.51. The fraction of sp³-hybridized carbons (Fsp3) is 0.174. The van der Waals surface area contributed by atoms with E-state index >= 15 is 0 Å². The largest absolute Gasteiger partial charge is 0.384 e. The molecule has 0 saturated heterocycles. The number of carbonyl (C=O) groups is 2. The number of nitrogens with two attached hydrogens (primary N) is 1. The first-order valence-corrected chi connectivity index (χ1v) is 9.74. The number of anilines is 2. The van der Waals surface area contributed by atoms with Gasteiger partial charge in [-0.15, -0.1) is 0 Å². The first-order chi connectivity index (χ1) is 14.9. The van der Waals surface area contributed by atoms with E-state index in [1.165, 1.54) is 35.2 Å². The van der Waals surface area contributed by atoms with Crippen molar-refractivity contribution in [1.82, 2.24) is 0 Å². The van der Waals surface area contributed by atoms with Crippen LogP contribution in [0.15, 0.2) is 65.1 Å². The lowest BCUT2D eigenvalue weighted by molar-refractivity contribution is -0.122. The van der Waals surface area contributed by atoms with E-state index in [0.29, 0.717) is 24.2 Å². The molecule has 1 amide bonds. The Balaban J connectivity index is 1.91. The summed E-state index contributed by atoms with van der Waals surface area (Å²) < 4.78 is 29.0. The van der Waals surface area contributed by atoms with Crippen molar-refractivity contribution in [2.45, 2.75) is 24.7 Å². The van der Waals surface area contributed by atoms with Gasteiger partial charge < -0.3 is 11.1 Å². The quantitative estimate of drug-likeness (QED) is 0.740. The van der Waals surface area contributed by atoms with E-state index in [1.54, 1.807) is 6.07 Å². The van der Waals surface area contributed by atoms with E-state index in [1.807, 2.05) is 6.07 Å². The molecule has 0 radical (unpaired) electrons. The number of Topliss-reactive ketones (excluding diaryl/α,β-unsaturated/α-hetero) is 1. The van der Waals surface area contributed by atoms with E-state index in [0.717, 1.165) is 6.07 Å². The number of hydrogen-bond donors (Lipinski definition) is 2. The topological polar surface area (TPSA) is 99.2 Å². The second-order valence-corrected chi connectivity index (χ2v) is 7.65. The zero-order chi connectivity index (χ0) is 21.9. The highest BCUT2D eigenvalue weighted by Gasteiger charge is 2.60. The lowest BCUT2D eigenvalue weighted by Gasteiger charge is -2.43. The van der Waals surface area contributed by atoms with E-state index < -0.39 is 23.0 Å². The normalized spacial score (nSPS) is 22.4. The van der Waals surface area contributed by atoms with Crippen LogP contribution in [0.25, 0.3) is 0 Å². The predicted molar refractivity (Wildman–Crippen MR) is 108 cm³/mol. The minimum absolute atomic E-state index is 0.0506. The second-order valence-electron chi connectivity index (χ2n) is 7.65. The number of allylic oxidation sites excluding steroid dienone is 1. The van der Waals surface area contributed by atoms with E-state index in [-0.39, 0.29) is 40.4 Å². The Morgan fingerprint density at radius 2 is 1.90 bits per heavy atom. The number of nitriles is 1. The fourth-order valence-corrected chi connectivity index (χ4v) is 4.87. The zero-order valence-corrected chi connectivity index (χ0v) is 16.2. The van der Waals surface area contributed by atoms with Gasteiger partial charge in [0.15, 0.2) is 5.78 Å². The molecule has 154 valence electrons. The minimum Gasteiger partial charge on any atom is -0.384 e. The molecule has 2 aliphatic heterocycles. The van der Waals surface area contributed by atoms with E-state index in [9.17, 15) is 23.6 Å². The minimum atomic E-state index is -1.87. The molecule has 1 aliphatic carbocycles. The molecule has 5 rings (SSSR count). The van der Waals surface area contributed by atoms with Crippen LogP contribution in [-0.2, 0) is 15.0 Å². The van der Waals surface area contributed by atoms with Gasteiger partial charge in [0.05, 0.1) is 11.3 Å². The molecule has 1 atom stereocenters. The van der Waals surface area contributed by atoms with Crippen LogP contribution < -0.4 is 16.0 Å². The van der Waals surface area contributed by atoms with Gasteiger partial charge in [-0.1, -0.05) is 12.1 Å². The van der Waals surface area contributed by atoms with Gasteiger partial charge in [0.2, 0.25) is 5.91 Å². The SMILES string of the molecule is N#CC1=C(N)N(c2ccccc2F)C2=C(C(=O)CCC2)[C@]12C(=O)Nc1ccc(F)cc12. The molecule has 1 spiro atoms. The summed E-state index contributed by atoms with van der Waals surface area (Å²) in [5, 5.41) is 12.8. The van der Waals surface area contributed by atoms with Crippen molar-refractivity contribution >= 4 is 23.1 Å². The summed E-state index contributed by atoms with van der Waals surface area (Å²) in [4.78, 5) is 28.0. The molecular weight excluding hydrogens is 402 g/mol. The maximum absolute atomic E-state index is 14.7. The van der Waals surface area contributed by atoms with Crippen LogP contribution in [0.4, 0.5) is 20.2 Å². The summed E-state index contributed by atoms with van der Waals surface area (Å²) in [7, 11) is 0. The molecule has 3 aliphatic rings. The third-order valence-corrected chi connectivity index (χ3v) is 6.08. The Bertz CT molecular complexity index is 1290.